The number of carboxylic acid groups (broad SMARTS) is 1. The van der Waals surface area contributed by atoms with Gasteiger partial charge in [0.15, 0.2) is 11.6 Å². The van der Waals surface area contributed by atoms with Gasteiger partial charge in [-0.05, 0) is 66.3 Å². The van der Waals surface area contributed by atoms with E-state index in [2.05, 4.69) is 0 Å². The average Bonchev–Trinajstić information content (AvgIpc) is 3.11. The highest BCUT2D eigenvalue weighted by Crippen LogP contribution is 2.42. The number of carbonyl (C=O) groups excluding carboxylic acids is 1. The van der Waals surface area contributed by atoms with Crippen molar-refractivity contribution in [2.45, 2.75) is 51.1 Å². The molecule has 0 aromatic heterocycles. The minimum atomic E-state index is -5.01. The number of benzene rings is 3. The molecule has 0 aliphatic carbocycles. The minimum absolute atomic E-state index is 0.00328. The van der Waals surface area contributed by atoms with Gasteiger partial charge in [-0.25, -0.2) is 13.6 Å². The molecule has 3 aromatic rings. The molecular weight excluding hydrogens is 644 g/mol. The summed E-state index contributed by atoms with van der Waals surface area (Å²) in [5.74, 6) is -5.45. The van der Waals surface area contributed by atoms with E-state index in [0.29, 0.717) is 12.1 Å². The lowest BCUT2D eigenvalue weighted by atomic mass is 9.86. The maximum Gasteiger partial charge on any atom is 0.419 e. The number of carbonyl (C=O) groups is 2. The molecular formula is C33H28F8O6. The molecule has 252 valence electrons. The van der Waals surface area contributed by atoms with Crippen LogP contribution >= 0.6 is 0 Å². The van der Waals surface area contributed by atoms with E-state index in [9.17, 15) is 44.7 Å². The molecule has 3 aromatic carbocycles. The van der Waals surface area contributed by atoms with Crippen molar-refractivity contribution in [1.82, 2.24) is 0 Å². The molecule has 4 rings (SSSR count). The standard InChI is InChI=1S/C33H28F8O6/c1-17-10-18(12-30(44)47-31(17)19-5-8-25(34)24(14-19)33(39,40)41)11-20-13-21(32(36,37)38)6-7-22(20)23-15-28(26(35)16-27(23)45-2)46-9-3-4-29(42)43/h5-8,12-17,31H,3-4,9-11H2,1-2H3,(H,42,43)/t17-,31+/m1/s1. The molecule has 2 atom stereocenters. The summed E-state index contributed by atoms with van der Waals surface area (Å²) >= 11 is 0. The maximum atomic E-state index is 14.8. The largest absolute Gasteiger partial charge is 0.496 e. The quantitative estimate of drug-likeness (QED) is 0.132. The number of hydrogen-bond donors (Lipinski definition) is 1. The van der Waals surface area contributed by atoms with Gasteiger partial charge in [-0.3, -0.25) is 4.79 Å². The number of esters is 1. The Labute approximate surface area is 263 Å². The number of rotatable bonds is 10. The summed E-state index contributed by atoms with van der Waals surface area (Å²) in [5.41, 5.74) is -2.02. The molecule has 1 heterocycles. The number of methoxy groups -OCH3 is 1. The third-order valence-corrected chi connectivity index (χ3v) is 7.48. The monoisotopic (exact) mass is 672 g/mol. The van der Waals surface area contributed by atoms with Gasteiger partial charge < -0.3 is 19.3 Å². The van der Waals surface area contributed by atoms with Gasteiger partial charge in [0.25, 0.3) is 0 Å². The van der Waals surface area contributed by atoms with Gasteiger partial charge in [0, 0.05) is 30.0 Å². The molecule has 0 amide bonds. The van der Waals surface area contributed by atoms with E-state index < -0.39 is 59.1 Å². The van der Waals surface area contributed by atoms with Gasteiger partial charge in [0.05, 0.1) is 24.8 Å². The molecule has 0 spiro atoms. The van der Waals surface area contributed by atoms with Crippen LogP contribution in [-0.2, 0) is 33.1 Å². The zero-order valence-electron chi connectivity index (χ0n) is 24.9. The highest BCUT2D eigenvalue weighted by atomic mass is 19.4. The first-order chi connectivity index (χ1) is 22.0. The maximum absolute atomic E-state index is 14.8. The fourth-order valence-corrected chi connectivity index (χ4v) is 5.33. The summed E-state index contributed by atoms with van der Waals surface area (Å²) in [6.07, 6.45) is -10.4. The Hall–Kier alpha value is -4.62. The molecule has 1 aliphatic heterocycles. The topological polar surface area (TPSA) is 82.1 Å². The van der Waals surface area contributed by atoms with Crippen LogP contribution in [0, 0.1) is 17.6 Å². The number of alkyl halides is 6. The van der Waals surface area contributed by atoms with Gasteiger partial charge in [-0.15, -0.1) is 0 Å². The van der Waals surface area contributed by atoms with Crippen molar-refractivity contribution < 1.29 is 64.0 Å². The lowest BCUT2D eigenvalue weighted by molar-refractivity contribution is -0.145. The summed E-state index contributed by atoms with van der Waals surface area (Å²) in [6.45, 7) is 1.40. The number of carboxylic acids is 1. The second kappa shape index (κ2) is 14.0. The summed E-state index contributed by atoms with van der Waals surface area (Å²) in [5, 5.41) is 8.83. The second-order valence-electron chi connectivity index (χ2n) is 11.0. The number of allylic oxidation sites excluding steroid dienone is 1. The van der Waals surface area contributed by atoms with Crippen LogP contribution in [0.5, 0.6) is 11.5 Å². The van der Waals surface area contributed by atoms with E-state index in [1.54, 1.807) is 6.92 Å². The average molecular weight is 673 g/mol. The van der Waals surface area contributed by atoms with Crippen molar-refractivity contribution in [2.24, 2.45) is 5.92 Å². The summed E-state index contributed by atoms with van der Waals surface area (Å²) < 4.78 is 126. The lowest BCUT2D eigenvalue weighted by Gasteiger charge is -2.24. The smallest absolute Gasteiger partial charge is 0.419 e. The Morgan fingerprint density at radius 2 is 1.66 bits per heavy atom. The molecule has 0 saturated carbocycles. The molecule has 0 fully saturated rings. The molecule has 6 nitrogen and oxygen atoms in total. The second-order valence-corrected chi connectivity index (χ2v) is 11.0. The molecule has 0 saturated heterocycles. The zero-order valence-corrected chi connectivity index (χ0v) is 24.9. The number of halogens is 8. The fourth-order valence-electron chi connectivity index (χ4n) is 5.33. The molecule has 14 heteroatoms. The van der Waals surface area contributed by atoms with Crippen LogP contribution in [0.1, 0.15) is 54.5 Å². The lowest BCUT2D eigenvalue weighted by Crippen LogP contribution is -2.17. The number of cyclic esters (lactones) is 1. The van der Waals surface area contributed by atoms with E-state index in [1.807, 2.05) is 0 Å². The van der Waals surface area contributed by atoms with Gasteiger partial charge in [0.2, 0.25) is 0 Å². The highest BCUT2D eigenvalue weighted by Gasteiger charge is 2.37. The van der Waals surface area contributed by atoms with Crippen LogP contribution in [-0.4, -0.2) is 30.8 Å². The normalized spacial score (nSPS) is 17.1. The Kier molecular flexibility index (Phi) is 10.5. The minimum Gasteiger partial charge on any atom is -0.496 e. The molecule has 0 radical (unpaired) electrons. The van der Waals surface area contributed by atoms with Gasteiger partial charge >= 0.3 is 24.3 Å². The summed E-state index contributed by atoms with van der Waals surface area (Å²) in [4.78, 5) is 23.6. The van der Waals surface area contributed by atoms with Crippen molar-refractivity contribution in [1.29, 1.82) is 0 Å². The molecule has 1 aliphatic rings. The van der Waals surface area contributed by atoms with Gasteiger partial charge in [-0.1, -0.05) is 24.6 Å². The zero-order chi connectivity index (χ0) is 34.7. The highest BCUT2D eigenvalue weighted by molar-refractivity contribution is 5.84. The number of aliphatic carboxylic acids is 1. The predicted octanol–water partition coefficient (Wildman–Crippen LogP) is 8.71. The SMILES string of the molecule is COc1cc(F)c(OCCCC(=O)O)cc1-c1ccc(C(F)(F)F)cc1CC1=CC(=O)O[C@H](c2ccc(F)c(C(F)(F)F)c2)[C@H](C)C1. The summed E-state index contributed by atoms with van der Waals surface area (Å²) in [6, 6.07) is 7.25. The third-order valence-electron chi connectivity index (χ3n) is 7.48. The number of ether oxygens (including phenoxy) is 3. The van der Waals surface area contributed by atoms with Crippen molar-refractivity contribution >= 4 is 11.9 Å². The van der Waals surface area contributed by atoms with Crippen LogP contribution in [0.25, 0.3) is 11.1 Å². The van der Waals surface area contributed by atoms with Crippen LogP contribution in [0.15, 0.2) is 60.2 Å². The fraction of sp³-hybridized carbons (Fsp3) is 0.333. The Morgan fingerprint density at radius 3 is 2.30 bits per heavy atom. The predicted molar refractivity (Wildman–Crippen MR) is 152 cm³/mol. The van der Waals surface area contributed by atoms with Crippen LogP contribution in [0.2, 0.25) is 0 Å². The van der Waals surface area contributed by atoms with Crippen LogP contribution in [0.3, 0.4) is 0 Å². The van der Waals surface area contributed by atoms with Gasteiger partial charge in [-0.2, -0.15) is 26.3 Å². The van der Waals surface area contributed by atoms with E-state index in [4.69, 9.17) is 19.3 Å². The third kappa shape index (κ3) is 8.60. The van der Waals surface area contributed by atoms with Crippen LogP contribution < -0.4 is 9.47 Å². The number of hydrogen-bond acceptors (Lipinski definition) is 5. The molecule has 0 unspecified atom stereocenters. The van der Waals surface area contributed by atoms with Crippen molar-refractivity contribution in [3.05, 3.63) is 94.1 Å². The first-order valence-electron chi connectivity index (χ1n) is 14.2. The van der Waals surface area contributed by atoms with E-state index >= 15 is 0 Å². The molecule has 0 bridgehead atoms. The van der Waals surface area contributed by atoms with E-state index in [-0.39, 0.29) is 71.6 Å². The van der Waals surface area contributed by atoms with Crippen molar-refractivity contribution in [3.63, 3.8) is 0 Å². The van der Waals surface area contributed by atoms with Crippen molar-refractivity contribution in [2.75, 3.05) is 13.7 Å². The van der Waals surface area contributed by atoms with Crippen molar-refractivity contribution in [3.8, 4) is 22.6 Å². The summed E-state index contributed by atoms with van der Waals surface area (Å²) in [7, 11) is 1.22. The Bertz CT molecular complexity index is 1680. The van der Waals surface area contributed by atoms with E-state index in [1.165, 1.54) is 13.2 Å². The Morgan fingerprint density at radius 1 is 0.936 bits per heavy atom. The molecule has 1 N–H and O–H groups in total. The van der Waals surface area contributed by atoms with Crippen LogP contribution in [0.4, 0.5) is 35.1 Å². The first-order valence-corrected chi connectivity index (χ1v) is 14.2. The first kappa shape index (κ1) is 35.2. The Balaban J connectivity index is 1.71. The van der Waals surface area contributed by atoms with E-state index in [0.717, 1.165) is 36.4 Å². The molecule has 47 heavy (non-hydrogen) atoms. The van der Waals surface area contributed by atoms with Gasteiger partial charge in [0.1, 0.15) is 17.7 Å².